The molecule has 8 heteroatoms. The lowest BCUT2D eigenvalue weighted by molar-refractivity contribution is 0.101. The molecule has 1 saturated heterocycles. The molecule has 1 aliphatic rings. The number of hydrogen-bond donors (Lipinski definition) is 0. The smallest absolute Gasteiger partial charge is 0.0106 e. The van der Waals surface area contributed by atoms with E-state index >= 15 is 0 Å². The summed E-state index contributed by atoms with van der Waals surface area (Å²) in [5.74, 6) is 0. The summed E-state index contributed by atoms with van der Waals surface area (Å²) < 4.78 is 0. The second kappa shape index (κ2) is 18.3. The molecule has 0 atom stereocenters. The molecular weight excluding hydrogens is 544 g/mol. The van der Waals surface area contributed by atoms with E-state index in [9.17, 15) is 0 Å². The summed E-state index contributed by atoms with van der Waals surface area (Å²) in [7, 11) is 18.4. The fourth-order valence-corrected chi connectivity index (χ4v) is 8.04. The minimum absolute atomic E-state index is 0.253. The van der Waals surface area contributed by atoms with E-state index < -0.39 is 0 Å². The van der Waals surface area contributed by atoms with Gasteiger partial charge in [0.25, 0.3) is 0 Å². The Morgan fingerprint density at radius 3 is 0.409 bits per heavy atom. The van der Waals surface area contributed by atoms with E-state index in [4.69, 9.17) is 0 Å². The summed E-state index contributed by atoms with van der Waals surface area (Å²) in [6.07, 6.45) is 0. The second-order valence-electron chi connectivity index (χ2n) is 18.6. The number of rotatable bonds is 0. The Balaban J connectivity index is 2.92. The van der Waals surface area contributed by atoms with Crippen molar-refractivity contribution >= 4 is 0 Å². The van der Waals surface area contributed by atoms with Crippen molar-refractivity contribution in [3.63, 3.8) is 0 Å². The third-order valence-corrected chi connectivity index (χ3v) is 9.04. The lowest BCUT2D eigenvalue weighted by atomic mass is 9.91. The first-order valence-electron chi connectivity index (χ1n) is 17.5. The summed E-state index contributed by atoms with van der Waals surface area (Å²) >= 11 is 0. The highest BCUT2D eigenvalue weighted by Crippen LogP contribution is 2.22. The second-order valence-corrected chi connectivity index (χ2v) is 18.6. The van der Waals surface area contributed by atoms with Crippen molar-refractivity contribution < 1.29 is 0 Å². The fourth-order valence-electron chi connectivity index (χ4n) is 8.04. The zero-order valence-corrected chi connectivity index (χ0v) is 32.9. The number of hydrogen-bond acceptors (Lipinski definition) is 8. The van der Waals surface area contributed by atoms with Crippen molar-refractivity contribution in [3.8, 4) is 0 Å². The Hall–Kier alpha value is -0.320. The van der Waals surface area contributed by atoms with Crippen LogP contribution >= 0.6 is 0 Å². The highest BCUT2D eigenvalue weighted by molar-refractivity contribution is 4.82. The molecule has 1 fully saturated rings. The zero-order valence-electron chi connectivity index (χ0n) is 32.9. The third-order valence-electron chi connectivity index (χ3n) is 9.04. The van der Waals surface area contributed by atoms with Gasteiger partial charge < -0.3 is 39.2 Å². The molecule has 0 spiro atoms. The molecule has 0 saturated carbocycles. The predicted octanol–water partition coefficient (Wildman–Crippen LogP) is 3.56. The number of likely N-dealkylation sites (N-methyl/N-ethyl adjacent to an activating group) is 8. The van der Waals surface area contributed by atoms with Gasteiger partial charge in [0, 0.05) is 105 Å². The van der Waals surface area contributed by atoms with Crippen LogP contribution in [0.2, 0.25) is 0 Å². The van der Waals surface area contributed by atoms with Gasteiger partial charge in [-0.15, -0.1) is 0 Å². The maximum absolute atomic E-state index is 2.54. The summed E-state index contributed by atoms with van der Waals surface area (Å²) in [4.78, 5) is 20.3. The monoisotopic (exact) mass is 625 g/mol. The standard InChI is InChI=1S/C36H80N8/c1-33(2)25-37(9)17-19-39(11)27-34(3,4)29-41(13)21-23-43(15)31-36(7,8)32-44(16)24-22-42(14)30-35(5,6)28-40(12)20-18-38(10)26-33/h17-32H2,1-16H3. The first-order chi connectivity index (χ1) is 20.0. The van der Waals surface area contributed by atoms with Gasteiger partial charge in [0.05, 0.1) is 0 Å². The topological polar surface area (TPSA) is 25.9 Å². The fraction of sp³-hybridized carbons (Fsp3) is 1.00. The molecule has 264 valence electrons. The summed E-state index contributed by atoms with van der Waals surface area (Å²) in [5, 5.41) is 0. The van der Waals surface area contributed by atoms with E-state index in [1.54, 1.807) is 0 Å². The highest BCUT2D eigenvalue weighted by Gasteiger charge is 2.27. The minimum atomic E-state index is 0.253. The molecule has 0 bridgehead atoms. The van der Waals surface area contributed by atoms with Crippen LogP contribution in [0, 0.1) is 21.7 Å². The van der Waals surface area contributed by atoms with Crippen LogP contribution in [0.1, 0.15) is 55.4 Å². The van der Waals surface area contributed by atoms with E-state index in [-0.39, 0.29) is 21.7 Å². The summed E-state index contributed by atoms with van der Waals surface area (Å²) in [5.41, 5.74) is 1.01. The van der Waals surface area contributed by atoms with Gasteiger partial charge in [-0.3, -0.25) is 0 Å². The Morgan fingerprint density at radius 1 is 0.227 bits per heavy atom. The molecule has 0 aromatic heterocycles. The average molecular weight is 625 g/mol. The van der Waals surface area contributed by atoms with Crippen LogP contribution in [-0.4, -0.2) is 200 Å². The molecule has 44 heavy (non-hydrogen) atoms. The molecule has 1 heterocycles. The van der Waals surface area contributed by atoms with Gasteiger partial charge >= 0.3 is 0 Å². The molecule has 0 aliphatic carbocycles. The largest absolute Gasteiger partial charge is 0.305 e. The normalized spacial score (nSPS) is 28.4. The van der Waals surface area contributed by atoms with E-state index in [1.807, 2.05) is 0 Å². The Bertz CT molecular complexity index is 598. The van der Waals surface area contributed by atoms with Gasteiger partial charge in [-0.25, -0.2) is 0 Å². The molecule has 0 amide bonds. The van der Waals surface area contributed by atoms with E-state index in [2.05, 4.69) is 151 Å². The Morgan fingerprint density at radius 2 is 0.318 bits per heavy atom. The van der Waals surface area contributed by atoms with Crippen LogP contribution in [0.4, 0.5) is 0 Å². The molecular formula is C36H80N8. The van der Waals surface area contributed by atoms with Crippen molar-refractivity contribution in [1.29, 1.82) is 0 Å². The van der Waals surface area contributed by atoms with E-state index in [0.717, 1.165) is 105 Å². The molecule has 0 radical (unpaired) electrons. The van der Waals surface area contributed by atoms with Gasteiger partial charge in [-0.2, -0.15) is 0 Å². The molecule has 0 aromatic carbocycles. The van der Waals surface area contributed by atoms with Crippen molar-refractivity contribution in [2.24, 2.45) is 21.7 Å². The first kappa shape index (κ1) is 41.7. The molecule has 0 aromatic rings. The SMILES string of the molecule is CN1CCN(C)CC(C)(C)CN(C)CCN(C)CC(C)(C)CN(C)CCN(C)CC(C)(C)CN(C)CCN(C)CC(C)(C)C1. The van der Waals surface area contributed by atoms with Crippen LogP contribution in [0.5, 0.6) is 0 Å². The van der Waals surface area contributed by atoms with E-state index in [1.165, 1.54) is 0 Å². The third kappa shape index (κ3) is 19.4. The maximum Gasteiger partial charge on any atom is 0.0106 e. The molecule has 0 unspecified atom stereocenters. The van der Waals surface area contributed by atoms with Gasteiger partial charge in [0.1, 0.15) is 0 Å². The van der Waals surface area contributed by atoms with Crippen molar-refractivity contribution in [2.45, 2.75) is 55.4 Å². The van der Waals surface area contributed by atoms with Crippen LogP contribution in [0.25, 0.3) is 0 Å². The van der Waals surface area contributed by atoms with Crippen LogP contribution < -0.4 is 0 Å². The Kier molecular flexibility index (Phi) is 17.3. The van der Waals surface area contributed by atoms with Gasteiger partial charge in [-0.05, 0) is 78.0 Å². The Labute approximate surface area is 277 Å². The summed E-state index contributed by atoms with van der Waals surface area (Å²) in [6.45, 7) is 37.3. The van der Waals surface area contributed by atoms with E-state index in [0.29, 0.717) is 0 Å². The predicted molar refractivity (Wildman–Crippen MR) is 195 cm³/mol. The van der Waals surface area contributed by atoms with Crippen LogP contribution in [0.3, 0.4) is 0 Å². The molecule has 1 rings (SSSR count). The minimum Gasteiger partial charge on any atom is -0.305 e. The van der Waals surface area contributed by atoms with Gasteiger partial charge in [0.2, 0.25) is 0 Å². The zero-order chi connectivity index (χ0) is 33.9. The molecule has 8 nitrogen and oxygen atoms in total. The highest BCUT2D eigenvalue weighted by atomic mass is 15.2. The average Bonchev–Trinajstić information content (AvgIpc) is 2.81. The lowest BCUT2D eigenvalue weighted by Crippen LogP contribution is -2.47. The van der Waals surface area contributed by atoms with Crippen molar-refractivity contribution in [3.05, 3.63) is 0 Å². The van der Waals surface area contributed by atoms with Gasteiger partial charge in [0.15, 0.2) is 0 Å². The van der Waals surface area contributed by atoms with Gasteiger partial charge in [-0.1, -0.05) is 55.4 Å². The summed E-state index contributed by atoms with van der Waals surface area (Å²) in [6, 6.07) is 0. The maximum atomic E-state index is 2.54. The number of nitrogens with zero attached hydrogens (tertiary/aromatic N) is 8. The van der Waals surface area contributed by atoms with Crippen molar-refractivity contribution in [1.82, 2.24) is 39.2 Å². The molecule has 1 aliphatic heterocycles. The van der Waals surface area contributed by atoms with Crippen LogP contribution in [-0.2, 0) is 0 Å². The van der Waals surface area contributed by atoms with Crippen LogP contribution in [0.15, 0.2) is 0 Å². The molecule has 0 N–H and O–H groups in total. The quantitative estimate of drug-likeness (QED) is 0.404. The van der Waals surface area contributed by atoms with Crippen molar-refractivity contribution in [2.75, 3.05) is 161 Å². The first-order valence-corrected chi connectivity index (χ1v) is 17.5. The lowest BCUT2D eigenvalue weighted by Gasteiger charge is -2.38.